The summed E-state index contributed by atoms with van der Waals surface area (Å²) < 4.78 is 0. The number of benzene rings is 2. The van der Waals surface area contributed by atoms with Crippen molar-refractivity contribution in [3.63, 3.8) is 0 Å². The molecule has 2 aromatic carbocycles. The number of hydrogen-bond acceptors (Lipinski definition) is 4. The lowest BCUT2D eigenvalue weighted by molar-refractivity contribution is 0.0872. The van der Waals surface area contributed by atoms with E-state index in [1.165, 1.54) is 11.3 Å². The molecule has 3 rings (SSSR count). The van der Waals surface area contributed by atoms with Gasteiger partial charge in [0.05, 0.1) is 15.6 Å². The Bertz CT molecular complexity index is 915. The first-order chi connectivity index (χ1) is 12.5. The molecule has 0 saturated heterocycles. The average molecular weight is 405 g/mol. The summed E-state index contributed by atoms with van der Waals surface area (Å²) in [5.41, 5.74) is 0.971. The predicted molar refractivity (Wildman–Crippen MR) is 106 cm³/mol. The van der Waals surface area contributed by atoms with Gasteiger partial charge in [0.2, 0.25) is 5.78 Å². The SMILES string of the molecule is O=C(N[C@@H](Nc1ccc(Cl)cc1Cl)C(=O)c1ccccc1)c1cccs1. The fourth-order valence-corrected chi connectivity index (χ4v) is 3.40. The van der Waals surface area contributed by atoms with Crippen molar-refractivity contribution in [1.82, 2.24) is 5.32 Å². The summed E-state index contributed by atoms with van der Waals surface area (Å²) >= 11 is 13.4. The van der Waals surface area contributed by atoms with Crippen molar-refractivity contribution in [2.45, 2.75) is 6.17 Å². The third kappa shape index (κ3) is 4.43. The predicted octanol–water partition coefficient (Wildman–Crippen LogP) is 5.11. The number of nitrogens with one attached hydrogen (secondary N) is 2. The van der Waals surface area contributed by atoms with Gasteiger partial charge in [-0.1, -0.05) is 59.6 Å². The van der Waals surface area contributed by atoms with Crippen LogP contribution >= 0.6 is 34.5 Å². The number of carbonyl (C=O) groups excluding carboxylic acids is 2. The van der Waals surface area contributed by atoms with Gasteiger partial charge in [0, 0.05) is 10.6 Å². The van der Waals surface area contributed by atoms with Crippen molar-refractivity contribution in [3.8, 4) is 0 Å². The van der Waals surface area contributed by atoms with Gasteiger partial charge in [-0.15, -0.1) is 11.3 Å². The molecule has 1 atom stereocenters. The third-order valence-corrected chi connectivity index (χ3v) is 4.99. The molecule has 26 heavy (non-hydrogen) atoms. The van der Waals surface area contributed by atoms with Crippen LogP contribution < -0.4 is 10.6 Å². The van der Waals surface area contributed by atoms with Gasteiger partial charge in [0.15, 0.2) is 6.17 Å². The summed E-state index contributed by atoms with van der Waals surface area (Å²) in [5.74, 6) is -0.617. The highest BCUT2D eigenvalue weighted by Gasteiger charge is 2.23. The number of amides is 1. The second-order valence-corrected chi connectivity index (χ2v) is 7.17. The molecule has 1 amide bonds. The molecule has 0 radical (unpaired) electrons. The summed E-state index contributed by atoms with van der Waals surface area (Å²) in [6, 6.07) is 17.1. The first-order valence-corrected chi connectivity index (χ1v) is 9.33. The molecule has 0 aliphatic carbocycles. The third-order valence-electron chi connectivity index (χ3n) is 3.57. The number of carbonyl (C=O) groups is 2. The molecule has 1 heterocycles. The van der Waals surface area contributed by atoms with Crippen LogP contribution in [0, 0.1) is 0 Å². The number of Topliss-reactive ketones (excluding diaryl/α,β-unsaturated/α-hetero) is 1. The number of hydrogen-bond donors (Lipinski definition) is 2. The summed E-state index contributed by atoms with van der Waals surface area (Å²) in [6.07, 6.45) is -0.981. The molecule has 0 spiro atoms. The van der Waals surface area contributed by atoms with Gasteiger partial charge in [0.25, 0.3) is 5.91 Å². The maximum Gasteiger partial charge on any atom is 0.263 e. The average Bonchev–Trinajstić information content (AvgIpc) is 3.18. The Kier molecular flexibility index (Phi) is 5.93. The van der Waals surface area contributed by atoms with E-state index < -0.39 is 6.17 Å². The fraction of sp³-hybridized carbons (Fsp3) is 0.0526. The smallest absolute Gasteiger partial charge is 0.263 e. The van der Waals surface area contributed by atoms with E-state index in [2.05, 4.69) is 10.6 Å². The van der Waals surface area contributed by atoms with Crippen LogP contribution in [0.3, 0.4) is 0 Å². The van der Waals surface area contributed by atoms with Gasteiger partial charge in [0.1, 0.15) is 0 Å². The molecule has 1 aromatic heterocycles. The zero-order valence-corrected chi connectivity index (χ0v) is 15.7. The molecule has 3 aromatic rings. The monoisotopic (exact) mass is 404 g/mol. The van der Waals surface area contributed by atoms with Crippen molar-refractivity contribution in [2.75, 3.05) is 5.32 Å². The van der Waals surface area contributed by atoms with Crippen molar-refractivity contribution >= 4 is 51.9 Å². The molecule has 0 fully saturated rings. The molecular formula is C19H14Cl2N2O2S. The minimum atomic E-state index is -0.981. The summed E-state index contributed by atoms with van der Waals surface area (Å²) in [4.78, 5) is 25.8. The lowest BCUT2D eigenvalue weighted by Gasteiger charge is -2.21. The molecule has 0 saturated carbocycles. The number of thiophene rings is 1. The second-order valence-electron chi connectivity index (χ2n) is 5.38. The highest BCUT2D eigenvalue weighted by atomic mass is 35.5. The fourth-order valence-electron chi connectivity index (χ4n) is 2.31. The van der Waals surface area contributed by atoms with Crippen LogP contribution in [0.5, 0.6) is 0 Å². The molecule has 0 unspecified atom stereocenters. The Balaban J connectivity index is 1.87. The van der Waals surface area contributed by atoms with Crippen molar-refractivity contribution < 1.29 is 9.59 Å². The highest BCUT2D eigenvalue weighted by Crippen LogP contribution is 2.26. The minimum Gasteiger partial charge on any atom is -0.358 e. The zero-order valence-electron chi connectivity index (χ0n) is 13.4. The first kappa shape index (κ1) is 18.5. The van der Waals surface area contributed by atoms with Gasteiger partial charge in [-0.2, -0.15) is 0 Å². The summed E-state index contributed by atoms with van der Waals surface area (Å²) in [5, 5.41) is 8.36. The lowest BCUT2D eigenvalue weighted by Crippen LogP contribution is -2.46. The maximum absolute atomic E-state index is 12.9. The number of anilines is 1. The van der Waals surface area contributed by atoms with Gasteiger partial charge in [-0.3, -0.25) is 9.59 Å². The Morgan fingerprint density at radius 2 is 1.73 bits per heavy atom. The van der Waals surface area contributed by atoms with Crippen LogP contribution in [0.2, 0.25) is 10.0 Å². The van der Waals surface area contributed by atoms with Crippen LogP contribution in [-0.4, -0.2) is 17.9 Å². The number of ketones is 1. The van der Waals surface area contributed by atoms with Crippen LogP contribution in [0.25, 0.3) is 0 Å². The Labute approximate surface area is 164 Å². The van der Waals surface area contributed by atoms with Crippen LogP contribution in [0.15, 0.2) is 66.0 Å². The highest BCUT2D eigenvalue weighted by molar-refractivity contribution is 7.12. The van der Waals surface area contributed by atoms with Gasteiger partial charge in [-0.05, 0) is 29.6 Å². The van der Waals surface area contributed by atoms with E-state index >= 15 is 0 Å². The number of rotatable bonds is 6. The molecular weight excluding hydrogens is 391 g/mol. The molecule has 0 aliphatic rings. The normalized spacial score (nSPS) is 11.6. The molecule has 0 bridgehead atoms. The topological polar surface area (TPSA) is 58.2 Å². The second kappa shape index (κ2) is 8.36. The van der Waals surface area contributed by atoms with E-state index in [4.69, 9.17) is 23.2 Å². The first-order valence-electron chi connectivity index (χ1n) is 7.70. The Morgan fingerprint density at radius 3 is 2.38 bits per heavy atom. The summed E-state index contributed by atoms with van der Waals surface area (Å²) in [7, 11) is 0. The van der Waals surface area contributed by atoms with Crippen LogP contribution in [0.4, 0.5) is 5.69 Å². The van der Waals surface area contributed by atoms with Crippen LogP contribution in [0.1, 0.15) is 20.0 Å². The lowest BCUT2D eigenvalue weighted by atomic mass is 10.1. The van der Waals surface area contributed by atoms with Gasteiger partial charge < -0.3 is 10.6 Å². The van der Waals surface area contributed by atoms with E-state index in [0.717, 1.165) is 0 Å². The van der Waals surface area contributed by atoms with Gasteiger partial charge >= 0.3 is 0 Å². The minimum absolute atomic E-state index is 0.276. The maximum atomic E-state index is 12.9. The van der Waals surface area contributed by atoms with Crippen molar-refractivity contribution in [2.24, 2.45) is 0 Å². The Hall–Kier alpha value is -2.34. The quantitative estimate of drug-likeness (QED) is 0.443. The Morgan fingerprint density at radius 1 is 0.962 bits per heavy atom. The van der Waals surface area contributed by atoms with E-state index in [1.807, 2.05) is 6.07 Å². The molecule has 7 heteroatoms. The largest absolute Gasteiger partial charge is 0.358 e. The van der Waals surface area contributed by atoms with E-state index in [-0.39, 0.29) is 11.7 Å². The summed E-state index contributed by atoms with van der Waals surface area (Å²) in [6.45, 7) is 0. The van der Waals surface area contributed by atoms with E-state index in [9.17, 15) is 9.59 Å². The molecule has 132 valence electrons. The van der Waals surface area contributed by atoms with E-state index in [1.54, 1.807) is 60.0 Å². The van der Waals surface area contributed by atoms with Crippen molar-refractivity contribution in [3.05, 3.63) is 86.5 Å². The zero-order chi connectivity index (χ0) is 18.5. The van der Waals surface area contributed by atoms with Crippen LogP contribution in [-0.2, 0) is 0 Å². The van der Waals surface area contributed by atoms with E-state index in [0.29, 0.717) is 26.2 Å². The number of halogens is 2. The standard InChI is InChI=1S/C19H14Cl2N2O2S/c20-13-8-9-15(14(21)11-13)22-18(17(24)12-5-2-1-3-6-12)23-19(25)16-7-4-10-26-16/h1-11,18,22H,(H,23,25)/t18-/m1/s1. The van der Waals surface area contributed by atoms with Gasteiger partial charge in [-0.25, -0.2) is 0 Å². The van der Waals surface area contributed by atoms with Crippen molar-refractivity contribution in [1.29, 1.82) is 0 Å². The molecule has 0 aliphatic heterocycles. The molecule has 4 nitrogen and oxygen atoms in total. The molecule has 2 N–H and O–H groups in total.